The summed E-state index contributed by atoms with van der Waals surface area (Å²) in [7, 11) is 0. The molecule has 0 unspecified atom stereocenters. The second kappa shape index (κ2) is 10.8. The van der Waals surface area contributed by atoms with Crippen LogP contribution in [0, 0.1) is 0 Å². The van der Waals surface area contributed by atoms with Crippen molar-refractivity contribution in [1.29, 1.82) is 0 Å². The van der Waals surface area contributed by atoms with Gasteiger partial charge in [0.2, 0.25) is 0 Å². The molecule has 1 aliphatic rings. The van der Waals surface area contributed by atoms with Crippen LogP contribution >= 0.6 is 0 Å². The van der Waals surface area contributed by atoms with E-state index in [0.29, 0.717) is 0 Å². The lowest BCUT2D eigenvalue weighted by Crippen LogP contribution is -2.34. The van der Waals surface area contributed by atoms with Crippen molar-refractivity contribution in [3.8, 4) is 0 Å². The largest absolute Gasteiger partial charge is 0.466 e. The van der Waals surface area contributed by atoms with Crippen LogP contribution in [0.3, 0.4) is 0 Å². The van der Waals surface area contributed by atoms with Crippen molar-refractivity contribution in [2.24, 2.45) is 0 Å². The Kier molecular flexibility index (Phi) is 9.16. The Hall–Kier alpha value is -2.20. The summed E-state index contributed by atoms with van der Waals surface area (Å²) in [6, 6.07) is 0. The molecule has 10 nitrogen and oxygen atoms in total. The SMILES string of the molecule is CCOC(=O)CC(=O)OC[C@H]1OC(C)(C)O[C@@H]1COC(=O)CC(=O)OCC. The topological polar surface area (TPSA) is 124 Å². The molecule has 1 aliphatic heterocycles. The average molecular weight is 390 g/mol. The van der Waals surface area contributed by atoms with Crippen molar-refractivity contribution < 1.29 is 47.6 Å². The Morgan fingerprint density at radius 2 is 1.04 bits per heavy atom. The molecule has 0 aromatic heterocycles. The molecule has 2 atom stereocenters. The van der Waals surface area contributed by atoms with E-state index in [2.05, 4.69) is 9.47 Å². The van der Waals surface area contributed by atoms with E-state index >= 15 is 0 Å². The number of rotatable bonds is 10. The predicted octanol–water partition coefficient (Wildman–Crippen LogP) is 0.499. The van der Waals surface area contributed by atoms with Gasteiger partial charge in [-0.3, -0.25) is 19.2 Å². The molecule has 1 rings (SSSR count). The van der Waals surface area contributed by atoms with Gasteiger partial charge in [0, 0.05) is 0 Å². The second-order valence-corrected chi connectivity index (χ2v) is 6.04. The molecular weight excluding hydrogens is 364 g/mol. The monoisotopic (exact) mass is 390 g/mol. The summed E-state index contributed by atoms with van der Waals surface area (Å²) in [5.74, 6) is -3.87. The quantitative estimate of drug-likeness (QED) is 0.296. The van der Waals surface area contributed by atoms with Crippen LogP contribution in [0.15, 0.2) is 0 Å². The first-order chi connectivity index (χ1) is 12.7. The van der Waals surface area contributed by atoms with Gasteiger partial charge in [0.05, 0.1) is 13.2 Å². The van der Waals surface area contributed by atoms with Crippen molar-refractivity contribution in [2.75, 3.05) is 26.4 Å². The van der Waals surface area contributed by atoms with E-state index in [0.717, 1.165) is 0 Å². The van der Waals surface area contributed by atoms with Crippen molar-refractivity contribution >= 4 is 23.9 Å². The highest BCUT2D eigenvalue weighted by atomic mass is 16.8. The lowest BCUT2D eigenvalue weighted by molar-refractivity contribution is -0.165. The van der Waals surface area contributed by atoms with Gasteiger partial charge in [0.25, 0.3) is 0 Å². The third-order valence-electron chi connectivity index (χ3n) is 3.29. The maximum Gasteiger partial charge on any atom is 0.317 e. The fourth-order valence-corrected chi connectivity index (χ4v) is 2.30. The maximum atomic E-state index is 11.6. The van der Waals surface area contributed by atoms with Crippen LogP contribution in [-0.4, -0.2) is 68.3 Å². The van der Waals surface area contributed by atoms with Crippen molar-refractivity contribution in [2.45, 2.75) is 58.5 Å². The highest BCUT2D eigenvalue weighted by molar-refractivity contribution is 5.91. The first-order valence-electron chi connectivity index (χ1n) is 8.65. The molecule has 154 valence electrons. The Morgan fingerprint density at radius 3 is 1.37 bits per heavy atom. The minimum absolute atomic E-state index is 0.166. The maximum absolute atomic E-state index is 11.6. The number of carbonyl (C=O) groups excluding carboxylic acids is 4. The van der Waals surface area contributed by atoms with E-state index in [1.807, 2.05) is 0 Å². The Morgan fingerprint density at radius 1 is 0.704 bits per heavy atom. The average Bonchev–Trinajstić information content (AvgIpc) is 2.85. The molecule has 0 spiro atoms. The molecule has 10 heteroatoms. The smallest absolute Gasteiger partial charge is 0.317 e. The van der Waals surface area contributed by atoms with Crippen molar-refractivity contribution in [3.63, 3.8) is 0 Å². The van der Waals surface area contributed by atoms with Gasteiger partial charge in [0.1, 0.15) is 38.3 Å². The van der Waals surface area contributed by atoms with Gasteiger partial charge >= 0.3 is 23.9 Å². The Labute approximate surface area is 157 Å². The summed E-state index contributed by atoms with van der Waals surface area (Å²) in [5, 5.41) is 0. The summed E-state index contributed by atoms with van der Waals surface area (Å²) in [5.41, 5.74) is 0. The third-order valence-corrected chi connectivity index (χ3v) is 3.29. The van der Waals surface area contributed by atoms with Crippen molar-refractivity contribution in [1.82, 2.24) is 0 Å². The number of hydrogen-bond donors (Lipinski definition) is 0. The molecule has 1 fully saturated rings. The van der Waals surface area contributed by atoms with Gasteiger partial charge < -0.3 is 28.4 Å². The first-order valence-corrected chi connectivity index (χ1v) is 8.65. The summed E-state index contributed by atoms with van der Waals surface area (Å²) >= 11 is 0. The summed E-state index contributed by atoms with van der Waals surface area (Å²) in [6.45, 7) is 6.51. The highest BCUT2D eigenvalue weighted by Gasteiger charge is 2.42. The predicted molar refractivity (Wildman–Crippen MR) is 88.2 cm³/mol. The van der Waals surface area contributed by atoms with Gasteiger partial charge in [-0.2, -0.15) is 0 Å². The fraction of sp³-hybridized carbons (Fsp3) is 0.765. The zero-order valence-corrected chi connectivity index (χ0v) is 16.0. The van der Waals surface area contributed by atoms with Crippen molar-refractivity contribution in [3.05, 3.63) is 0 Å². The number of ether oxygens (including phenoxy) is 6. The molecule has 1 heterocycles. The minimum atomic E-state index is -0.976. The summed E-state index contributed by atoms with van der Waals surface area (Å²) < 4.78 is 30.6. The molecular formula is C17H26O10. The summed E-state index contributed by atoms with van der Waals surface area (Å²) in [4.78, 5) is 45.8. The molecule has 0 radical (unpaired) electrons. The van der Waals surface area contributed by atoms with Gasteiger partial charge in [0.15, 0.2) is 5.79 Å². The van der Waals surface area contributed by atoms with Crippen LogP contribution < -0.4 is 0 Å². The van der Waals surface area contributed by atoms with E-state index in [9.17, 15) is 19.2 Å². The zero-order valence-electron chi connectivity index (χ0n) is 16.0. The molecule has 0 amide bonds. The molecule has 1 saturated heterocycles. The first kappa shape index (κ1) is 22.8. The molecule has 0 bridgehead atoms. The summed E-state index contributed by atoms with van der Waals surface area (Å²) in [6.07, 6.45) is -2.43. The van der Waals surface area contributed by atoms with Crippen LogP contribution in [0.1, 0.15) is 40.5 Å². The van der Waals surface area contributed by atoms with Crippen LogP contribution in [0.25, 0.3) is 0 Å². The standard InChI is InChI=1S/C17H26O10/c1-5-22-13(18)7-15(20)24-9-11-12(27-17(3,4)26-11)10-25-16(21)8-14(19)23-6-2/h11-12H,5-10H2,1-4H3/t11-,12-/m1/s1. The molecule has 0 aliphatic carbocycles. The van der Waals surface area contributed by atoms with E-state index in [4.69, 9.17) is 18.9 Å². The lowest BCUT2D eigenvalue weighted by atomic mass is 10.2. The van der Waals surface area contributed by atoms with E-state index < -0.39 is 54.7 Å². The molecule has 0 saturated carbocycles. The third kappa shape index (κ3) is 8.83. The zero-order chi connectivity index (χ0) is 20.4. The van der Waals surface area contributed by atoms with Gasteiger partial charge in [-0.25, -0.2) is 0 Å². The number of hydrogen-bond acceptors (Lipinski definition) is 10. The second-order valence-electron chi connectivity index (χ2n) is 6.04. The van der Waals surface area contributed by atoms with Crippen LogP contribution in [0.2, 0.25) is 0 Å². The molecule has 27 heavy (non-hydrogen) atoms. The van der Waals surface area contributed by atoms with Gasteiger partial charge in [-0.1, -0.05) is 0 Å². The van der Waals surface area contributed by atoms with Crippen LogP contribution in [0.4, 0.5) is 0 Å². The van der Waals surface area contributed by atoms with E-state index in [-0.39, 0.29) is 26.4 Å². The van der Waals surface area contributed by atoms with Gasteiger partial charge in [-0.15, -0.1) is 0 Å². The molecule has 0 aromatic rings. The lowest BCUT2D eigenvalue weighted by Gasteiger charge is -2.16. The van der Waals surface area contributed by atoms with E-state index in [1.54, 1.807) is 27.7 Å². The normalized spacial score (nSPS) is 20.6. The minimum Gasteiger partial charge on any atom is -0.466 e. The number of carbonyl (C=O) groups is 4. The van der Waals surface area contributed by atoms with Crippen LogP contribution in [-0.2, 0) is 47.6 Å². The van der Waals surface area contributed by atoms with E-state index in [1.165, 1.54) is 0 Å². The Bertz CT molecular complexity index is 496. The molecule has 0 aromatic carbocycles. The number of esters is 4. The Balaban J connectivity index is 2.47. The highest BCUT2D eigenvalue weighted by Crippen LogP contribution is 2.28. The fourth-order valence-electron chi connectivity index (χ4n) is 2.30. The molecule has 0 N–H and O–H groups in total. The van der Waals surface area contributed by atoms with Gasteiger partial charge in [-0.05, 0) is 27.7 Å². The van der Waals surface area contributed by atoms with Crippen LogP contribution in [0.5, 0.6) is 0 Å².